The number of anilines is 1. The van der Waals surface area contributed by atoms with E-state index in [1.165, 1.54) is 11.3 Å². The highest BCUT2D eigenvalue weighted by Crippen LogP contribution is 2.25. The van der Waals surface area contributed by atoms with Crippen molar-refractivity contribution in [2.45, 2.75) is 0 Å². The van der Waals surface area contributed by atoms with Gasteiger partial charge in [-0.1, -0.05) is 12.1 Å². The number of thiophene rings is 1. The molecule has 0 spiro atoms. The molecule has 0 radical (unpaired) electrons. The summed E-state index contributed by atoms with van der Waals surface area (Å²) in [4.78, 5) is 16.8. The molecular formula is C19H15N3OS. The summed E-state index contributed by atoms with van der Waals surface area (Å²) < 4.78 is 2.08. The number of carbonyl (C=O) groups excluding carboxylic acids is 1. The highest BCUT2D eigenvalue weighted by Gasteiger charge is 2.10. The van der Waals surface area contributed by atoms with Gasteiger partial charge in [0.1, 0.15) is 5.82 Å². The first kappa shape index (κ1) is 14.7. The summed E-state index contributed by atoms with van der Waals surface area (Å²) in [5, 5.41) is 6.63. The van der Waals surface area contributed by atoms with E-state index in [0.717, 1.165) is 28.1 Å². The molecule has 0 fully saturated rings. The first-order valence-electron chi connectivity index (χ1n) is 7.58. The van der Waals surface area contributed by atoms with Gasteiger partial charge >= 0.3 is 0 Å². The molecule has 4 nitrogen and oxygen atoms in total. The third-order valence-corrected chi connectivity index (χ3v) is 4.65. The van der Waals surface area contributed by atoms with E-state index in [1.54, 1.807) is 0 Å². The van der Waals surface area contributed by atoms with Crippen molar-refractivity contribution >= 4 is 34.0 Å². The molecule has 0 bridgehead atoms. The minimum Gasteiger partial charge on any atom is -0.327 e. The smallest absolute Gasteiger partial charge is 0.256 e. The van der Waals surface area contributed by atoms with Crippen LogP contribution in [-0.4, -0.2) is 15.5 Å². The van der Waals surface area contributed by atoms with E-state index in [1.807, 2.05) is 66.3 Å². The standard InChI is InChI=1S/C19H15N3OS/c1-22-17-5-3-2-4-16(17)21-18(22)13-6-8-15(9-7-13)20-19(23)14-10-11-24-12-14/h2-12H,1H3,(H,20,23). The Morgan fingerprint density at radius 2 is 1.88 bits per heavy atom. The minimum absolute atomic E-state index is 0.0910. The highest BCUT2D eigenvalue weighted by atomic mass is 32.1. The van der Waals surface area contributed by atoms with Crippen LogP contribution < -0.4 is 5.32 Å². The number of aromatic nitrogens is 2. The molecule has 0 atom stereocenters. The molecule has 0 saturated heterocycles. The van der Waals surface area contributed by atoms with E-state index < -0.39 is 0 Å². The summed E-state index contributed by atoms with van der Waals surface area (Å²) in [6.45, 7) is 0. The van der Waals surface area contributed by atoms with Crippen LogP contribution in [0.15, 0.2) is 65.4 Å². The number of para-hydroxylation sites is 2. The van der Waals surface area contributed by atoms with Crippen LogP contribution in [0.4, 0.5) is 5.69 Å². The van der Waals surface area contributed by atoms with Gasteiger partial charge in [-0.15, -0.1) is 0 Å². The third-order valence-electron chi connectivity index (χ3n) is 3.97. The van der Waals surface area contributed by atoms with Gasteiger partial charge < -0.3 is 9.88 Å². The quantitative estimate of drug-likeness (QED) is 0.598. The van der Waals surface area contributed by atoms with E-state index >= 15 is 0 Å². The molecule has 5 heteroatoms. The van der Waals surface area contributed by atoms with E-state index in [0.29, 0.717) is 5.56 Å². The Labute approximate surface area is 143 Å². The molecule has 0 saturated carbocycles. The normalized spacial score (nSPS) is 10.9. The zero-order valence-corrected chi connectivity index (χ0v) is 13.9. The second-order valence-electron chi connectivity index (χ2n) is 5.53. The number of carbonyl (C=O) groups is 1. The summed E-state index contributed by atoms with van der Waals surface area (Å²) >= 11 is 1.51. The monoisotopic (exact) mass is 333 g/mol. The average molecular weight is 333 g/mol. The van der Waals surface area contributed by atoms with E-state index in [4.69, 9.17) is 4.98 Å². The van der Waals surface area contributed by atoms with Gasteiger partial charge in [-0.3, -0.25) is 4.79 Å². The van der Waals surface area contributed by atoms with Crippen molar-refractivity contribution in [1.29, 1.82) is 0 Å². The predicted octanol–water partition coefficient (Wildman–Crippen LogP) is 4.55. The number of rotatable bonds is 3. The van der Waals surface area contributed by atoms with Crippen molar-refractivity contribution in [2.75, 3.05) is 5.32 Å². The molecule has 4 rings (SSSR count). The van der Waals surface area contributed by atoms with Gasteiger partial charge in [-0.05, 0) is 47.8 Å². The van der Waals surface area contributed by atoms with Gasteiger partial charge in [0, 0.05) is 23.7 Å². The molecule has 0 aliphatic carbocycles. The number of hydrogen-bond acceptors (Lipinski definition) is 3. The fourth-order valence-corrected chi connectivity index (χ4v) is 3.34. The zero-order chi connectivity index (χ0) is 16.5. The van der Waals surface area contributed by atoms with Crippen LogP contribution in [0.5, 0.6) is 0 Å². The Morgan fingerprint density at radius 3 is 2.58 bits per heavy atom. The predicted molar refractivity (Wildman–Crippen MR) is 98.4 cm³/mol. The Bertz CT molecular complexity index is 1000. The lowest BCUT2D eigenvalue weighted by atomic mass is 10.2. The number of fused-ring (bicyclic) bond motifs is 1. The summed E-state index contributed by atoms with van der Waals surface area (Å²) in [5.74, 6) is 0.818. The van der Waals surface area contributed by atoms with Crippen LogP contribution in [0.1, 0.15) is 10.4 Å². The number of imidazole rings is 1. The number of benzene rings is 2. The van der Waals surface area contributed by atoms with Gasteiger partial charge in [-0.25, -0.2) is 4.98 Å². The topological polar surface area (TPSA) is 46.9 Å². The van der Waals surface area contributed by atoms with Crippen molar-refractivity contribution in [3.8, 4) is 11.4 Å². The molecule has 2 heterocycles. The molecule has 0 aliphatic rings. The second kappa shape index (κ2) is 5.94. The van der Waals surface area contributed by atoms with Crippen molar-refractivity contribution in [3.05, 3.63) is 70.9 Å². The zero-order valence-electron chi connectivity index (χ0n) is 13.1. The van der Waals surface area contributed by atoms with Crippen molar-refractivity contribution in [1.82, 2.24) is 9.55 Å². The van der Waals surface area contributed by atoms with Crippen LogP contribution in [-0.2, 0) is 7.05 Å². The fourth-order valence-electron chi connectivity index (χ4n) is 2.70. The fraction of sp³-hybridized carbons (Fsp3) is 0.0526. The molecule has 0 unspecified atom stereocenters. The second-order valence-corrected chi connectivity index (χ2v) is 6.31. The van der Waals surface area contributed by atoms with Gasteiger partial charge in [0.05, 0.1) is 16.6 Å². The molecule has 118 valence electrons. The third kappa shape index (κ3) is 2.59. The number of nitrogens with one attached hydrogen (secondary N) is 1. The number of amides is 1. The van der Waals surface area contributed by atoms with E-state index in [2.05, 4.69) is 16.0 Å². The lowest BCUT2D eigenvalue weighted by Gasteiger charge is -2.06. The van der Waals surface area contributed by atoms with Gasteiger partial charge in [0.15, 0.2) is 0 Å². The first-order valence-corrected chi connectivity index (χ1v) is 8.52. The lowest BCUT2D eigenvalue weighted by Crippen LogP contribution is -2.10. The van der Waals surface area contributed by atoms with Gasteiger partial charge in [0.25, 0.3) is 5.91 Å². The molecular weight excluding hydrogens is 318 g/mol. The largest absolute Gasteiger partial charge is 0.327 e. The van der Waals surface area contributed by atoms with Crippen LogP contribution in [0.3, 0.4) is 0 Å². The maximum Gasteiger partial charge on any atom is 0.256 e. The summed E-state index contributed by atoms with van der Waals surface area (Å²) in [6.07, 6.45) is 0. The Balaban J connectivity index is 1.61. The van der Waals surface area contributed by atoms with Crippen LogP contribution in [0.2, 0.25) is 0 Å². The first-order chi connectivity index (χ1) is 11.7. The number of nitrogens with zero attached hydrogens (tertiary/aromatic N) is 2. The molecule has 1 amide bonds. The van der Waals surface area contributed by atoms with Crippen molar-refractivity contribution in [2.24, 2.45) is 7.05 Å². The molecule has 0 aliphatic heterocycles. The van der Waals surface area contributed by atoms with Gasteiger partial charge in [-0.2, -0.15) is 11.3 Å². The summed E-state index contributed by atoms with van der Waals surface area (Å²) in [5.41, 5.74) is 4.54. The molecule has 2 aromatic carbocycles. The lowest BCUT2D eigenvalue weighted by molar-refractivity contribution is 0.102. The average Bonchev–Trinajstić information content (AvgIpc) is 3.25. The van der Waals surface area contributed by atoms with Crippen LogP contribution >= 0.6 is 11.3 Å². The van der Waals surface area contributed by atoms with E-state index in [-0.39, 0.29) is 5.91 Å². The number of hydrogen-bond donors (Lipinski definition) is 1. The van der Waals surface area contributed by atoms with Crippen LogP contribution in [0, 0.1) is 0 Å². The van der Waals surface area contributed by atoms with E-state index in [9.17, 15) is 4.79 Å². The Morgan fingerprint density at radius 1 is 1.08 bits per heavy atom. The summed E-state index contributed by atoms with van der Waals surface area (Å²) in [7, 11) is 2.01. The van der Waals surface area contributed by atoms with Crippen molar-refractivity contribution < 1.29 is 4.79 Å². The number of aryl methyl sites for hydroxylation is 1. The van der Waals surface area contributed by atoms with Crippen LogP contribution in [0.25, 0.3) is 22.4 Å². The molecule has 2 aromatic heterocycles. The minimum atomic E-state index is -0.0910. The maximum atomic E-state index is 12.1. The Hall–Kier alpha value is -2.92. The molecule has 1 N–H and O–H groups in total. The SMILES string of the molecule is Cn1c(-c2ccc(NC(=O)c3ccsc3)cc2)nc2ccccc21. The highest BCUT2D eigenvalue weighted by molar-refractivity contribution is 7.08. The summed E-state index contributed by atoms with van der Waals surface area (Å²) in [6, 6.07) is 17.6. The van der Waals surface area contributed by atoms with Crippen molar-refractivity contribution in [3.63, 3.8) is 0 Å². The molecule has 24 heavy (non-hydrogen) atoms. The maximum absolute atomic E-state index is 12.1. The Kier molecular flexibility index (Phi) is 3.63. The van der Waals surface area contributed by atoms with Gasteiger partial charge in [0.2, 0.25) is 0 Å². The molecule has 4 aromatic rings.